The van der Waals surface area contributed by atoms with E-state index >= 15 is 0 Å². The van der Waals surface area contributed by atoms with E-state index in [9.17, 15) is 9.59 Å². The van der Waals surface area contributed by atoms with Crippen LogP contribution in [0.1, 0.15) is 18.4 Å². The fraction of sp³-hybridized carbons (Fsp3) is 0.273. The maximum Gasteiger partial charge on any atom is 0.320 e. The minimum Gasteiger partial charge on any atom is -0.465 e. The lowest BCUT2D eigenvalue weighted by molar-refractivity contribution is -0.146. The Balaban J connectivity index is 2.99. The summed E-state index contributed by atoms with van der Waals surface area (Å²) in [5.74, 6) is -1.54. The van der Waals surface area contributed by atoms with E-state index in [1.165, 1.54) is 12.1 Å². The molecule has 0 aliphatic carbocycles. The Morgan fingerprint density at radius 2 is 2.12 bits per heavy atom. The molecule has 1 rings (SSSR count). The van der Waals surface area contributed by atoms with Crippen molar-refractivity contribution < 1.29 is 14.3 Å². The Morgan fingerprint density at radius 3 is 2.62 bits per heavy atom. The van der Waals surface area contributed by atoms with Crippen LogP contribution < -0.4 is 0 Å². The summed E-state index contributed by atoms with van der Waals surface area (Å²) in [4.78, 5) is 22.3. The average Bonchev–Trinajstić information content (AvgIpc) is 2.25. The van der Waals surface area contributed by atoms with Crippen molar-refractivity contribution in [3.05, 3.63) is 33.8 Å². The van der Waals surface area contributed by atoms with Crippen LogP contribution in [0, 0.1) is 0 Å². The van der Waals surface area contributed by atoms with E-state index in [1.807, 2.05) is 0 Å². The van der Waals surface area contributed by atoms with Gasteiger partial charge in [0, 0.05) is 0 Å². The first-order valence-corrected chi connectivity index (χ1v) is 5.42. The molecule has 16 heavy (non-hydrogen) atoms. The van der Waals surface area contributed by atoms with Crippen molar-refractivity contribution in [2.75, 3.05) is 6.61 Å². The molecular formula is C11H10Cl2O3. The molecule has 0 fully saturated rings. The third kappa shape index (κ3) is 2.97. The number of ether oxygens (including phenoxy) is 1. The average molecular weight is 261 g/mol. The molecule has 5 heteroatoms. The number of carbonyl (C=O) groups is 2. The van der Waals surface area contributed by atoms with E-state index < -0.39 is 11.9 Å². The van der Waals surface area contributed by atoms with Gasteiger partial charge in [-0.15, -0.1) is 0 Å². The van der Waals surface area contributed by atoms with Crippen molar-refractivity contribution in [3.8, 4) is 0 Å². The van der Waals surface area contributed by atoms with Gasteiger partial charge in [-0.05, 0) is 24.6 Å². The van der Waals surface area contributed by atoms with Crippen LogP contribution >= 0.6 is 23.2 Å². The van der Waals surface area contributed by atoms with Gasteiger partial charge in [0.05, 0.1) is 16.7 Å². The summed E-state index contributed by atoms with van der Waals surface area (Å²) in [6.07, 6.45) is 0.525. The van der Waals surface area contributed by atoms with Crippen molar-refractivity contribution in [2.24, 2.45) is 0 Å². The molecule has 1 aromatic rings. The molecule has 0 aromatic heterocycles. The Labute approximate surface area is 103 Å². The standard InChI is InChI=1S/C11H10Cl2O3/c1-2-16-11(15)8(6-14)7-3-4-9(12)10(13)5-7/h3-6,8H,2H2,1H3. The van der Waals surface area contributed by atoms with Crippen LogP contribution in [0.2, 0.25) is 10.0 Å². The second-order valence-electron chi connectivity index (χ2n) is 3.04. The van der Waals surface area contributed by atoms with Crippen LogP contribution in [-0.4, -0.2) is 18.9 Å². The van der Waals surface area contributed by atoms with Crippen LogP contribution in [0.25, 0.3) is 0 Å². The Morgan fingerprint density at radius 1 is 1.44 bits per heavy atom. The molecule has 0 amide bonds. The Hall–Kier alpha value is -1.06. The first kappa shape index (κ1) is 13.0. The fourth-order valence-corrected chi connectivity index (χ4v) is 1.51. The number of carbonyl (C=O) groups excluding carboxylic acids is 2. The highest BCUT2D eigenvalue weighted by Crippen LogP contribution is 2.26. The quantitative estimate of drug-likeness (QED) is 0.475. The number of hydrogen-bond donors (Lipinski definition) is 0. The van der Waals surface area contributed by atoms with Crippen LogP contribution in [0.5, 0.6) is 0 Å². The van der Waals surface area contributed by atoms with Crippen LogP contribution in [0.15, 0.2) is 18.2 Å². The molecule has 3 nitrogen and oxygen atoms in total. The van der Waals surface area contributed by atoms with Crippen molar-refractivity contribution >= 4 is 35.5 Å². The lowest BCUT2D eigenvalue weighted by Crippen LogP contribution is -2.17. The second kappa shape index (κ2) is 5.87. The van der Waals surface area contributed by atoms with Gasteiger partial charge in [-0.1, -0.05) is 29.3 Å². The van der Waals surface area contributed by atoms with Crippen molar-refractivity contribution in [2.45, 2.75) is 12.8 Å². The topological polar surface area (TPSA) is 43.4 Å². The van der Waals surface area contributed by atoms with Gasteiger partial charge in [0.25, 0.3) is 0 Å². The second-order valence-corrected chi connectivity index (χ2v) is 3.85. The smallest absolute Gasteiger partial charge is 0.320 e. The van der Waals surface area contributed by atoms with Crippen molar-refractivity contribution in [1.82, 2.24) is 0 Å². The van der Waals surface area contributed by atoms with Crippen molar-refractivity contribution in [3.63, 3.8) is 0 Å². The lowest BCUT2D eigenvalue weighted by atomic mass is 10.0. The van der Waals surface area contributed by atoms with Crippen LogP contribution in [0.3, 0.4) is 0 Å². The number of aldehydes is 1. The van der Waals surface area contributed by atoms with Gasteiger partial charge in [-0.25, -0.2) is 0 Å². The molecule has 0 N–H and O–H groups in total. The molecular weight excluding hydrogens is 251 g/mol. The van der Waals surface area contributed by atoms with E-state index in [0.29, 0.717) is 21.9 Å². The summed E-state index contributed by atoms with van der Waals surface area (Å²) < 4.78 is 4.77. The highest BCUT2D eigenvalue weighted by molar-refractivity contribution is 6.42. The van der Waals surface area contributed by atoms with Crippen LogP contribution in [-0.2, 0) is 14.3 Å². The zero-order chi connectivity index (χ0) is 12.1. The number of benzene rings is 1. The molecule has 1 atom stereocenters. The highest BCUT2D eigenvalue weighted by atomic mass is 35.5. The molecule has 0 heterocycles. The first-order chi connectivity index (χ1) is 7.60. The van der Waals surface area contributed by atoms with Crippen LogP contribution in [0.4, 0.5) is 0 Å². The van der Waals surface area contributed by atoms with E-state index in [4.69, 9.17) is 27.9 Å². The Kier molecular flexibility index (Phi) is 4.77. The predicted molar refractivity (Wildman–Crippen MR) is 61.9 cm³/mol. The van der Waals surface area contributed by atoms with Gasteiger partial charge in [0.15, 0.2) is 0 Å². The predicted octanol–water partition coefficient (Wildman–Crippen LogP) is 2.84. The SMILES string of the molecule is CCOC(=O)C(C=O)c1ccc(Cl)c(Cl)c1. The van der Waals surface area contributed by atoms with Gasteiger partial charge in [0.2, 0.25) is 0 Å². The summed E-state index contributed by atoms with van der Waals surface area (Å²) in [5.41, 5.74) is 0.475. The molecule has 0 saturated heterocycles. The van der Waals surface area contributed by atoms with E-state index in [1.54, 1.807) is 13.0 Å². The molecule has 0 aliphatic heterocycles. The van der Waals surface area contributed by atoms with E-state index in [-0.39, 0.29) is 6.61 Å². The van der Waals surface area contributed by atoms with Crippen molar-refractivity contribution in [1.29, 1.82) is 0 Å². The molecule has 0 radical (unpaired) electrons. The minimum atomic E-state index is -0.949. The van der Waals surface area contributed by atoms with Gasteiger partial charge in [-0.3, -0.25) is 4.79 Å². The zero-order valence-corrected chi connectivity index (χ0v) is 10.1. The van der Waals surface area contributed by atoms with E-state index in [2.05, 4.69) is 0 Å². The Bertz CT molecular complexity index is 404. The summed E-state index contributed by atoms with van der Waals surface area (Å²) >= 11 is 11.5. The third-order valence-corrected chi connectivity index (χ3v) is 2.72. The fourth-order valence-electron chi connectivity index (χ4n) is 1.21. The van der Waals surface area contributed by atoms with Gasteiger partial charge < -0.3 is 9.53 Å². The third-order valence-electron chi connectivity index (χ3n) is 1.98. The normalized spacial score (nSPS) is 11.9. The summed E-state index contributed by atoms with van der Waals surface area (Å²) in [7, 11) is 0. The molecule has 0 bridgehead atoms. The molecule has 0 spiro atoms. The maximum atomic E-state index is 11.4. The number of esters is 1. The largest absolute Gasteiger partial charge is 0.465 e. The van der Waals surface area contributed by atoms with Gasteiger partial charge in [0.1, 0.15) is 12.2 Å². The van der Waals surface area contributed by atoms with Gasteiger partial charge >= 0.3 is 5.97 Å². The lowest BCUT2D eigenvalue weighted by Gasteiger charge is -2.10. The molecule has 86 valence electrons. The molecule has 1 aromatic carbocycles. The molecule has 0 saturated carbocycles. The van der Waals surface area contributed by atoms with Gasteiger partial charge in [-0.2, -0.15) is 0 Å². The number of halogens is 2. The molecule has 1 unspecified atom stereocenters. The monoisotopic (exact) mass is 260 g/mol. The zero-order valence-electron chi connectivity index (χ0n) is 8.57. The van der Waals surface area contributed by atoms with E-state index in [0.717, 1.165) is 0 Å². The first-order valence-electron chi connectivity index (χ1n) is 4.67. The minimum absolute atomic E-state index is 0.227. The summed E-state index contributed by atoms with van der Waals surface area (Å²) in [6, 6.07) is 4.60. The number of hydrogen-bond acceptors (Lipinski definition) is 3. The summed E-state index contributed by atoms with van der Waals surface area (Å²) in [5, 5.41) is 0.675. The summed E-state index contributed by atoms with van der Waals surface area (Å²) in [6.45, 7) is 1.90. The maximum absolute atomic E-state index is 11.4. The molecule has 0 aliphatic rings. The number of rotatable bonds is 4. The highest BCUT2D eigenvalue weighted by Gasteiger charge is 2.21.